The van der Waals surface area contributed by atoms with Crippen molar-refractivity contribution >= 4 is 13.6 Å². The summed E-state index contributed by atoms with van der Waals surface area (Å²) in [6.07, 6.45) is 0. The van der Waals surface area contributed by atoms with Gasteiger partial charge in [0.2, 0.25) is 0 Å². The van der Waals surface area contributed by atoms with Gasteiger partial charge < -0.3 is 4.74 Å². The van der Waals surface area contributed by atoms with E-state index in [9.17, 15) is 0 Å². The third kappa shape index (κ3) is 4.55. The van der Waals surface area contributed by atoms with Crippen molar-refractivity contribution in [3.05, 3.63) is 65.2 Å². The van der Waals surface area contributed by atoms with Crippen molar-refractivity contribution in [3.63, 3.8) is 0 Å². The van der Waals surface area contributed by atoms with E-state index in [4.69, 9.17) is 4.74 Å². The van der Waals surface area contributed by atoms with Crippen molar-refractivity contribution in [1.82, 2.24) is 0 Å². The molecule has 0 bridgehead atoms. The molecule has 0 aliphatic heterocycles. The summed E-state index contributed by atoms with van der Waals surface area (Å²) in [5.74, 6) is 0.962. The Bertz CT molecular complexity index is 471. The van der Waals surface area contributed by atoms with Crippen LogP contribution < -0.4 is 4.74 Å². The van der Waals surface area contributed by atoms with Gasteiger partial charge >= 0.3 is 30.0 Å². The van der Waals surface area contributed by atoms with Gasteiger partial charge in [-0.3, -0.25) is 0 Å². The van der Waals surface area contributed by atoms with Crippen LogP contribution in [0.3, 0.4) is 0 Å². The summed E-state index contributed by atoms with van der Waals surface area (Å²) in [6.45, 7) is 4.78. The zero-order valence-electron chi connectivity index (χ0n) is 10.7. The summed E-state index contributed by atoms with van der Waals surface area (Å²) < 4.78 is 5.78. The fraction of sp³-hybridized carbons (Fsp3) is 0.200. The predicted octanol–water partition coefficient (Wildman–Crippen LogP) is 4.53. The van der Waals surface area contributed by atoms with Gasteiger partial charge in [0.1, 0.15) is 5.75 Å². The number of aryl methyl sites for hydroxylation is 1. The van der Waals surface area contributed by atoms with Gasteiger partial charge in [-0.1, -0.05) is 12.1 Å². The topological polar surface area (TPSA) is 9.23 Å². The second-order valence-corrected chi connectivity index (χ2v) is 3.90. The molecule has 0 radical (unpaired) electrons. The van der Waals surface area contributed by atoms with Gasteiger partial charge in [0, 0.05) is 0 Å². The SMILES string of the molecule is Cc1cccc(OCc2c[c-]ccc2)c1C.[Zn+][Br]. The van der Waals surface area contributed by atoms with Crippen LogP contribution in [0.15, 0.2) is 42.5 Å². The molecule has 2 rings (SSSR count). The zero-order valence-corrected chi connectivity index (χ0v) is 15.3. The summed E-state index contributed by atoms with van der Waals surface area (Å²) in [7, 11) is 0. The van der Waals surface area contributed by atoms with E-state index in [0.717, 1.165) is 11.3 Å². The zero-order chi connectivity index (χ0) is 13.4. The molecule has 0 saturated carbocycles. The van der Waals surface area contributed by atoms with Crippen molar-refractivity contribution < 1.29 is 21.1 Å². The minimum absolute atomic E-state index is 0.599. The van der Waals surface area contributed by atoms with E-state index < -0.39 is 0 Å². The second-order valence-electron chi connectivity index (χ2n) is 3.90. The van der Waals surface area contributed by atoms with Crippen LogP contribution in [0.5, 0.6) is 5.75 Å². The standard InChI is InChI=1S/C15H15O.BrH.Zn/c1-12-7-6-10-15(13(12)2)16-11-14-8-4-3-5-9-14;;/h3-4,6-10H,11H2,1-2H3;1H;/q-1;;+2/p-1. The van der Waals surface area contributed by atoms with Gasteiger partial charge in [0.15, 0.2) is 0 Å². The van der Waals surface area contributed by atoms with Crippen molar-refractivity contribution in [2.75, 3.05) is 0 Å². The summed E-state index contributed by atoms with van der Waals surface area (Å²) in [6, 6.07) is 17.0. The van der Waals surface area contributed by atoms with Gasteiger partial charge in [-0.2, -0.15) is 30.3 Å². The van der Waals surface area contributed by atoms with E-state index in [1.807, 2.05) is 36.4 Å². The maximum absolute atomic E-state index is 5.78. The van der Waals surface area contributed by atoms with Crippen molar-refractivity contribution in [2.45, 2.75) is 20.5 Å². The van der Waals surface area contributed by atoms with E-state index in [1.54, 1.807) is 0 Å². The molecule has 0 aliphatic rings. The molecule has 2 aromatic carbocycles. The summed E-state index contributed by atoms with van der Waals surface area (Å²) >= 11 is 4.25. The molecule has 0 aliphatic carbocycles. The minimum atomic E-state index is 0.599. The Morgan fingerprint density at radius 1 is 1.17 bits per heavy atom. The van der Waals surface area contributed by atoms with Crippen LogP contribution in [0, 0.1) is 19.9 Å². The molecule has 0 heterocycles. The number of ether oxygens (including phenoxy) is 1. The first-order chi connectivity index (χ1) is 8.77. The molecular formula is C15H15BrOZn. The molecule has 2 aromatic rings. The molecular weight excluding hydrogens is 341 g/mol. The monoisotopic (exact) mass is 354 g/mol. The summed E-state index contributed by atoms with van der Waals surface area (Å²) in [5.41, 5.74) is 3.61. The van der Waals surface area contributed by atoms with Gasteiger partial charge in [-0.05, 0) is 31.0 Å². The normalized spacial score (nSPS) is 9.39. The Labute approximate surface area is 126 Å². The van der Waals surface area contributed by atoms with Crippen LogP contribution in [-0.4, -0.2) is 0 Å². The second kappa shape index (κ2) is 8.45. The number of halogens is 1. The van der Waals surface area contributed by atoms with Crippen LogP contribution >= 0.6 is 13.6 Å². The molecule has 0 atom stereocenters. The molecule has 0 aromatic heterocycles. The van der Waals surface area contributed by atoms with Gasteiger partial charge in [-0.15, -0.1) is 5.56 Å². The Balaban J connectivity index is 0.000000771. The van der Waals surface area contributed by atoms with E-state index in [0.29, 0.717) is 6.61 Å². The first kappa shape index (κ1) is 15.4. The average Bonchev–Trinajstić information content (AvgIpc) is 2.44. The molecule has 0 spiro atoms. The van der Waals surface area contributed by atoms with Crippen molar-refractivity contribution in [1.29, 1.82) is 0 Å². The first-order valence-electron chi connectivity index (χ1n) is 5.68. The molecule has 0 amide bonds. The quantitative estimate of drug-likeness (QED) is 0.580. The van der Waals surface area contributed by atoms with Gasteiger partial charge in [-0.25, -0.2) is 0 Å². The van der Waals surface area contributed by atoms with Crippen LogP contribution in [0.25, 0.3) is 0 Å². The Morgan fingerprint density at radius 2 is 1.94 bits per heavy atom. The van der Waals surface area contributed by atoms with E-state index in [-0.39, 0.29) is 0 Å². The van der Waals surface area contributed by atoms with Crippen LogP contribution in [-0.2, 0) is 22.9 Å². The van der Waals surface area contributed by atoms with Crippen LogP contribution in [0.1, 0.15) is 16.7 Å². The Morgan fingerprint density at radius 3 is 2.61 bits per heavy atom. The summed E-state index contributed by atoms with van der Waals surface area (Å²) in [5, 5.41) is 0. The third-order valence-electron chi connectivity index (χ3n) is 2.72. The molecule has 0 unspecified atom stereocenters. The third-order valence-corrected chi connectivity index (χ3v) is 2.72. The van der Waals surface area contributed by atoms with Crippen molar-refractivity contribution in [2.24, 2.45) is 0 Å². The number of benzene rings is 2. The Kier molecular flexibility index (Phi) is 7.23. The fourth-order valence-corrected chi connectivity index (χ4v) is 1.56. The molecule has 18 heavy (non-hydrogen) atoms. The van der Waals surface area contributed by atoms with Crippen LogP contribution in [0.4, 0.5) is 0 Å². The first-order valence-corrected chi connectivity index (χ1v) is 12.6. The molecule has 0 fully saturated rings. The fourth-order valence-electron chi connectivity index (χ4n) is 1.56. The van der Waals surface area contributed by atoms with Gasteiger partial charge in [0.25, 0.3) is 0 Å². The van der Waals surface area contributed by atoms with Gasteiger partial charge in [0.05, 0.1) is 6.61 Å². The van der Waals surface area contributed by atoms with Crippen LogP contribution in [0.2, 0.25) is 0 Å². The van der Waals surface area contributed by atoms with E-state index >= 15 is 0 Å². The van der Waals surface area contributed by atoms with Crippen molar-refractivity contribution in [3.8, 4) is 5.75 Å². The molecule has 3 heteroatoms. The maximum atomic E-state index is 5.78. The molecule has 90 valence electrons. The molecule has 1 nitrogen and oxygen atoms in total. The number of rotatable bonds is 3. The number of hydrogen-bond acceptors (Lipinski definition) is 1. The summed E-state index contributed by atoms with van der Waals surface area (Å²) in [4.78, 5) is 0. The molecule has 0 N–H and O–H groups in total. The van der Waals surface area contributed by atoms with E-state index in [2.05, 4.69) is 39.6 Å². The average molecular weight is 357 g/mol. The Hall–Kier alpha value is -0.657. The molecule has 0 saturated heterocycles. The number of hydrogen-bond donors (Lipinski definition) is 0. The predicted molar refractivity (Wildman–Crippen MR) is 74.5 cm³/mol. The van der Waals surface area contributed by atoms with E-state index in [1.165, 1.54) is 27.5 Å².